The van der Waals surface area contributed by atoms with Gasteiger partial charge in [-0.25, -0.2) is 14.6 Å². The molecule has 0 fully saturated rings. The summed E-state index contributed by atoms with van der Waals surface area (Å²) >= 11 is 1.16. The second-order valence-corrected chi connectivity index (χ2v) is 5.90. The first-order valence-corrected chi connectivity index (χ1v) is 8.27. The van der Waals surface area contributed by atoms with Crippen LogP contribution in [0.5, 0.6) is 0 Å². The van der Waals surface area contributed by atoms with Gasteiger partial charge in [0.1, 0.15) is 10.9 Å². The number of nitrogens with zero attached hydrogens (tertiary/aromatic N) is 2. The van der Waals surface area contributed by atoms with Crippen LogP contribution in [0, 0.1) is 0 Å². The lowest BCUT2D eigenvalue weighted by Crippen LogP contribution is -2.30. The number of carbonyl (C=O) groups excluding carboxylic acids is 1. The van der Waals surface area contributed by atoms with Gasteiger partial charge >= 0.3 is 11.9 Å². The summed E-state index contributed by atoms with van der Waals surface area (Å²) in [6, 6.07) is -1.01. The summed E-state index contributed by atoms with van der Waals surface area (Å²) < 4.78 is 6.20. The molecule has 0 bridgehead atoms. The van der Waals surface area contributed by atoms with E-state index in [4.69, 9.17) is 4.74 Å². The van der Waals surface area contributed by atoms with Gasteiger partial charge < -0.3 is 9.84 Å². The molecule has 124 valence electrons. The number of thiophene rings is 1. The lowest BCUT2D eigenvalue weighted by molar-refractivity contribution is -0.141. The minimum Gasteiger partial charge on any atom is -0.480 e. The molecule has 0 saturated carbocycles. The molecule has 7 nitrogen and oxygen atoms in total. The van der Waals surface area contributed by atoms with E-state index in [0.29, 0.717) is 4.83 Å². The van der Waals surface area contributed by atoms with Gasteiger partial charge in [0.15, 0.2) is 0 Å². The average Bonchev–Trinajstić information content (AvgIpc) is 2.95. The predicted octanol–water partition coefficient (Wildman–Crippen LogP) is 2.45. The van der Waals surface area contributed by atoms with Crippen LogP contribution in [0.15, 0.2) is 16.5 Å². The maximum Gasteiger partial charge on any atom is 0.339 e. The minimum absolute atomic E-state index is 0.124. The molecule has 0 saturated heterocycles. The number of carbonyl (C=O) groups is 2. The van der Waals surface area contributed by atoms with Crippen LogP contribution in [0.1, 0.15) is 49.5 Å². The van der Waals surface area contributed by atoms with E-state index in [-0.39, 0.29) is 24.0 Å². The number of fused-ring (bicyclic) bond motifs is 1. The highest BCUT2D eigenvalue weighted by atomic mass is 32.1. The van der Waals surface area contributed by atoms with E-state index in [1.165, 1.54) is 11.7 Å². The molecule has 0 aliphatic carbocycles. The largest absolute Gasteiger partial charge is 0.480 e. The van der Waals surface area contributed by atoms with Crippen molar-refractivity contribution in [3.05, 3.63) is 27.6 Å². The number of aromatic nitrogens is 2. The van der Waals surface area contributed by atoms with Crippen molar-refractivity contribution < 1.29 is 19.4 Å². The third kappa shape index (κ3) is 3.42. The number of esters is 1. The maximum atomic E-state index is 12.6. The van der Waals surface area contributed by atoms with Gasteiger partial charge in [-0.2, -0.15) is 0 Å². The first-order valence-electron chi connectivity index (χ1n) is 7.39. The number of unbranched alkanes of at least 4 members (excludes halogenated alkanes) is 1. The van der Waals surface area contributed by atoms with Crippen molar-refractivity contribution in [2.75, 3.05) is 6.61 Å². The molecule has 1 atom stereocenters. The fraction of sp³-hybridized carbons (Fsp3) is 0.467. The fourth-order valence-corrected chi connectivity index (χ4v) is 3.06. The molecule has 0 aliphatic rings. The Morgan fingerprint density at radius 3 is 2.78 bits per heavy atom. The van der Waals surface area contributed by atoms with Crippen LogP contribution in [-0.4, -0.2) is 33.2 Å². The number of hydrogen-bond donors (Lipinski definition) is 1. The van der Waals surface area contributed by atoms with Gasteiger partial charge in [-0.15, -0.1) is 11.3 Å². The van der Waals surface area contributed by atoms with Crippen LogP contribution in [-0.2, 0) is 9.53 Å². The van der Waals surface area contributed by atoms with Crippen LogP contribution >= 0.6 is 11.3 Å². The summed E-state index contributed by atoms with van der Waals surface area (Å²) in [6.45, 7) is 3.93. The van der Waals surface area contributed by atoms with E-state index < -0.39 is 23.5 Å². The van der Waals surface area contributed by atoms with Crippen molar-refractivity contribution in [3.63, 3.8) is 0 Å². The highest BCUT2D eigenvalue weighted by Crippen LogP contribution is 2.22. The highest BCUT2D eigenvalue weighted by Gasteiger charge is 2.23. The summed E-state index contributed by atoms with van der Waals surface area (Å²) in [7, 11) is 0. The molecule has 23 heavy (non-hydrogen) atoms. The zero-order valence-electron chi connectivity index (χ0n) is 12.9. The van der Waals surface area contributed by atoms with E-state index in [1.54, 1.807) is 6.92 Å². The zero-order chi connectivity index (χ0) is 17.0. The number of carboxylic acids is 1. The van der Waals surface area contributed by atoms with Gasteiger partial charge in [0.25, 0.3) is 5.56 Å². The molecule has 8 heteroatoms. The van der Waals surface area contributed by atoms with Crippen LogP contribution in [0.3, 0.4) is 0 Å². The molecule has 1 N–H and O–H groups in total. The second-order valence-electron chi connectivity index (χ2n) is 5.04. The van der Waals surface area contributed by atoms with Gasteiger partial charge in [-0.3, -0.25) is 9.36 Å². The number of ether oxygens (including phenoxy) is 1. The molecule has 2 rings (SSSR count). The van der Waals surface area contributed by atoms with E-state index in [2.05, 4.69) is 4.98 Å². The lowest BCUT2D eigenvalue weighted by atomic mass is 10.2. The van der Waals surface area contributed by atoms with E-state index in [1.807, 2.05) is 6.92 Å². The Bertz CT molecular complexity index is 780. The van der Waals surface area contributed by atoms with Gasteiger partial charge in [-0.05, 0) is 12.8 Å². The van der Waals surface area contributed by atoms with Crippen molar-refractivity contribution in [1.29, 1.82) is 0 Å². The first-order chi connectivity index (χ1) is 11.0. The van der Waals surface area contributed by atoms with Crippen molar-refractivity contribution in [3.8, 4) is 0 Å². The van der Waals surface area contributed by atoms with Crippen molar-refractivity contribution in [2.45, 2.75) is 39.2 Å². The zero-order valence-corrected chi connectivity index (χ0v) is 13.8. The molecule has 0 spiro atoms. The van der Waals surface area contributed by atoms with Gasteiger partial charge in [0.2, 0.25) is 0 Å². The highest BCUT2D eigenvalue weighted by molar-refractivity contribution is 7.17. The molecule has 2 heterocycles. The Morgan fingerprint density at radius 2 is 2.17 bits per heavy atom. The molecule has 0 amide bonds. The Morgan fingerprint density at radius 1 is 1.43 bits per heavy atom. The smallest absolute Gasteiger partial charge is 0.339 e. The molecular weight excluding hydrogens is 320 g/mol. The average molecular weight is 338 g/mol. The quantitative estimate of drug-likeness (QED) is 0.615. The van der Waals surface area contributed by atoms with Crippen molar-refractivity contribution in [2.24, 2.45) is 0 Å². The topological polar surface area (TPSA) is 98.5 Å². The van der Waals surface area contributed by atoms with E-state index in [0.717, 1.165) is 28.7 Å². The van der Waals surface area contributed by atoms with Gasteiger partial charge in [0.05, 0.1) is 23.9 Å². The third-order valence-corrected chi connectivity index (χ3v) is 4.36. The van der Waals surface area contributed by atoms with Crippen LogP contribution in [0.25, 0.3) is 10.2 Å². The van der Waals surface area contributed by atoms with Crippen LogP contribution < -0.4 is 5.56 Å². The molecule has 0 aliphatic heterocycles. The minimum atomic E-state index is -1.11. The maximum absolute atomic E-state index is 12.6. The molecule has 1 unspecified atom stereocenters. The predicted molar refractivity (Wildman–Crippen MR) is 86.0 cm³/mol. The van der Waals surface area contributed by atoms with Crippen molar-refractivity contribution in [1.82, 2.24) is 9.55 Å². The van der Waals surface area contributed by atoms with Gasteiger partial charge in [0, 0.05) is 5.38 Å². The summed E-state index contributed by atoms with van der Waals surface area (Å²) in [4.78, 5) is 40.5. The Kier molecular flexibility index (Phi) is 5.49. The number of aliphatic carboxylic acids is 1. The first kappa shape index (κ1) is 17.1. The van der Waals surface area contributed by atoms with Crippen LogP contribution in [0.4, 0.5) is 0 Å². The lowest BCUT2D eigenvalue weighted by Gasteiger charge is -2.13. The third-order valence-electron chi connectivity index (χ3n) is 3.48. The van der Waals surface area contributed by atoms with Crippen molar-refractivity contribution >= 4 is 33.5 Å². The molecule has 0 radical (unpaired) electrons. The normalized spacial score (nSPS) is 12.3. The fourth-order valence-electron chi connectivity index (χ4n) is 2.20. The summed E-state index contributed by atoms with van der Waals surface area (Å²) in [6.07, 6.45) is 3.09. The van der Waals surface area contributed by atoms with Crippen LogP contribution in [0.2, 0.25) is 0 Å². The summed E-state index contributed by atoms with van der Waals surface area (Å²) in [5, 5.41) is 10.9. The Labute approximate surface area is 136 Å². The van der Waals surface area contributed by atoms with E-state index >= 15 is 0 Å². The monoisotopic (exact) mass is 338 g/mol. The van der Waals surface area contributed by atoms with E-state index in [9.17, 15) is 19.5 Å². The molecule has 2 aromatic rings. The molecule has 2 aromatic heterocycles. The Hall–Kier alpha value is -2.22. The standard InChI is InChI=1S/C15H18N2O5S/c1-3-5-6-22-15(21)9-7-23-12-11(9)13(18)17(8-16-12)10(4-2)14(19)20/h7-8,10H,3-6H2,1-2H3,(H,19,20). The molecule has 0 aromatic carbocycles. The number of hydrogen-bond acceptors (Lipinski definition) is 6. The summed E-state index contributed by atoms with van der Waals surface area (Å²) in [5.41, 5.74) is -0.388. The number of carboxylic acid groups (broad SMARTS) is 1. The Balaban J connectivity index is 2.47. The van der Waals surface area contributed by atoms with Gasteiger partial charge in [-0.1, -0.05) is 20.3 Å². The molecular formula is C15H18N2O5S. The number of rotatable bonds is 7. The second kappa shape index (κ2) is 7.36. The summed E-state index contributed by atoms with van der Waals surface area (Å²) in [5.74, 6) is -1.69. The SMILES string of the molecule is CCCCOC(=O)c1csc2ncn(C(CC)C(=O)O)c(=O)c12.